The molecule has 1 aliphatic rings. The number of ether oxygens (including phenoxy) is 1. The Morgan fingerprint density at radius 1 is 0.929 bits per heavy atom. The van der Waals surface area contributed by atoms with E-state index >= 15 is 0 Å². The Hall–Kier alpha value is -2.40. The second-order valence-corrected chi connectivity index (χ2v) is 8.18. The van der Waals surface area contributed by atoms with Gasteiger partial charge in [0.1, 0.15) is 28.8 Å². The summed E-state index contributed by atoms with van der Waals surface area (Å²) >= 11 is 0. The lowest BCUT2D eigenvalue weighted by Crippen LogP contribution is -2.58. The van der Waals surface area contributed by atoms with Gasteiger partial charge in [-0.2, -0.15) is 0 Å². The minimum absolute atomic E-state index is 0.271. The zero-order valence-corrected chi connectivity index (χ0v) is 16.7. The van der Waals surface area contributed by atoms with Crippen molar-refractivity contribution in [3.63, 3.8) is 0 Å². The zero-order chi connectivity index (χ0) is 20.9. The largest absolute Gasteiger partial charge is 0.354 e. The van der Waals surface area contributed by atoms with Crippen LogP contribution in [-0.2, 0) is 20.7 Å². The Bertz CT molecular complexity index is 934. The molecule has 3 rings (SSSR count). The summed E-state index contributed by atoms with van der Waals surface area (Å²) in [5.74, 6) is -2.80. The molecule has 1 aliphatic heterocycles. The number of hydrogen-bond acceptors (Lipinski definition) is 3. The Morgan fingerprint density at radius 3 is 2.07 bits per heavy atom. The van der Waals surface area contributed by atoms with E-state index in [2.05, 4.69) is 0 Å². The van der Waals surface area contributed by atoms with Crippen LogP contribution >= 0.6 is 0 Å². The summed E-state index contributed by atoms with van der Waals surface area (Å²) in [4.78, 5) is 26.0. The molecule has 3 nitrogen and oxygen atoms in total. The summed E-state index contributed by atoms with van der Waals surface area (Å²) in [6, 6.07) is 8.56. The molecule has 28 heavy (non-hydrogen) atoms. The summed E-state index contributed by atoms with van der Waals surface area (Å²) in [7, 11) is 0. The van der Waals surface area contributed by atoms with Crippen LogP contribution in [0.1, 0.15) is 51.7 Å². The van der Waals surface area contributed by atoms with E-state index in [-0.39, 0.29) is 17.1 Å². The van der Waals surface area contributed by atoms with E-state index in [1.165, 1.54) is 12.1 Å². The molecule has 0 saturated carbocycles. The average Bonchev–Trinajstić information content (AvgIpc) is 2.60. The maximum Gasteiger partial charge on any atom is 0.179 e. The quantitative estimate of drug-likeness (QED) is 0.697. The molecule has 0 aromatic heterocycles. The van der Waals surface area contributed by atoms with Gasteiger partial charge in [-0.15, -0.1) is 0 Å². The molecular formula is C23H24F2O3. The van der Waals surface area contributed by atoms with Crippen LogP contribution in [0.2, 0.25) is 0 Å². The number of hydrogen-bond donors (Lipinski definition) is 0. The first-order valence-corrected chi connectivity index (χ1v) is 9.35. The molecule has 2 aromatic carbocycles. The molecule has 1 fully saturated rings. The van der Waals surface area contributed by atoms with Crippen molar-refractivity contribution < 1.29 is 23.1 Å². The van der Waals surface area contributed by atoms with Crippen molar-refractivity contribution >= 4 is 11.6 Å². The van der Waals surface area contributed by atoms with Gasteiger partial charge >= 0.3 is 0 Å². The van der Waals surface area contributed by atoms with E-state index in [4.69, 9.17) is 4.74 Å². The third-order valence-electron chi connectivity index (χ3n) is 5.30. The lowest BCUT2D eigenvalue weighted by Gasteiger charge is -2.43. The highest BCUT2D eigenvalue weighted by molar-refractivity contribution is 6.15. The van der Waals surface area contributed by atoms with Crippen LogP contribution in [0.5, 0.6) is 0 Å². The number of Topliss-reactive ketones (excluding diaryl/α,β-unsaturated/α-hetero) is 2. The molecule has 0 N–H and O–H groups in total. The number of halogens is 2. The van der Waals surface area contributed by atoms with E-state index in [0.717, 1.165) is 11.6 Å². The zero-order valence-electron chi connectivity index (χ0n) is 16.7. The minimum Gasteiger partial charge on any atom is -0.354 e. The molecule has 0 aliphatic carbocycles. The summed E-state index contributed by atoms with van der Waals surface area (Å²) in [6.07, 6.45) is 0.560. The van der Waals surface area contributed by atoms with Gasteiger partial charge in [-0.25, -0.2) is 8.78 Å². The predicted molar refractivity (Wildman–Crippen MR) is 103 cm³/mol. The van der Waals surface area contributed by atoms with E-state index in [1.54, 1.807) is 45.9 Å². The highest BCUT2D eigenvalue weighted by atomic mass is 19.1. The fourth-order valence-electron chi connectivity index (χ4n) is 3.92. The number of carbonyl (C=O) groups excluding carboxylic acids is 2. The number of aryl methyl sites for hydroxylation is 1. The van der Waals surface area contributed by atoms with Crippen molar-refractivity contribution in [2.45, 2.75) is 58.2 Å². The number of ketones is 2. The van der Waals surface area contributed by atoms with Crippen LogP contribution in [-0.4, -0.2) is 22.8 Å². The van der Waals surface area contributed by atoms with E-state index in [9.17, 15) is 18.4 Å². The fourth-order valence-corrected chi connectivity index (χ4v) is 3.92. The van der Waals surface area contributed by atoms with Crippen LogP contribution < -0.4 is 0 Å². The first-order valence-electron chi connectivity index (χ1n) is 9.35. The van der Waals surface area contributed by atoms with Gasteiger partial charge in [-0.05, 0) is 62.9 Å². The Kier molecular flexibility index (Phi) is 5.00. The first-order chi connectivity index (χ1) is 13.0. The summed E-state index contributed by atoms with van der Waals surface area (Å²) in [6.45, 7) is 8.60. The molecule has 1 saturated heterocycles. The second kappa shape index (κ2) is 6.89. The summed E-state index contributed by atoms with van der Waals surface area (Å²) in [5, 5.41) is 0. The van der Waals surface area contributed by atoms with E-state index in [1.807, 2.05) is 6.92 Å². The van der Waals surface area contributed by atoms with Crippen LogP contribution in [0, 0.1) is 11.6 Å². The van der Waals surface area contributed by atoms with Crippen LogP contribution in [0.3, 0.4) is 0 Å². The minimum atomic E-state index is -1.09. The number of rotatable bonds is 3. The van der Waals surface area contributed by atoms with Crippen LogP contribution in [0.4, 0.5) is 8.78 Å². The average molecular weight is 386 g/mol. The maximum atomic E-state index is 14.2. The molecule has 0 bridgehead atoms. The van der Waals surface area contributed by atoms with Crippen LogP contribution in [0.15, 0.2) is 36.4 Å². The SMILES string of the molecule is CCc1cc(-c2ccc(F)cc2F)ccc1C1C(=O)C(C)(C)OC(C)(C)C1=O. The van der Waals surface area contributed by atoms with Gasteiger partial charge in [0.2, 0.25) is 0 Å². The van der Waals surface area contributed by atoms with Gasteiger partial charge in [0.15, 0.2) is 11.6 Å². The highest BCUT2D eigenvalue weighted by Gasteiger charge is 2.53. The first kappa shape index (κ1) is 20.3. The van der Waals surface area contributed by atoms with Crippen LogP contribution in [0.25, 0.3) is 11.1 Å². The number of carbonyl (C=O) groups is 2. The lowest BCUT2D eigenvalue weighted by atomic mass is 9.73. The Morgan fingerprint density at radius 2 is 1.54 bits per heavy atom. The molecule has 0 spiro atoms. The molecule has 1 heterocycles. The highest BCUT2D eigenvalue weighted by Crippen LogP contribution is 2.40. The molecule has 148 valence electrons. The molecule has 0 atom stereocenters. The summed E-state index contributed by atoms with van der Waals surface area (Å²) < 4.78 is 33.2. The molecule has 0 amide bonds. The fraction of sp³-hybridized carbons (Fsp3) is 0.391. The van der Waals surface area contributed by atoms with Gasteiger partial charge in [-0.1, -0.05) is 25.1 Å². The molecule has 0 unspecified atom stereocenters. The standard InChI is InChI=1S/C23H24F2O3/c1-6-13-11-14(16-10-8-15(24)12-18(16)25)7-9-17(13)19-20(26)22(2,3)28-23(4,5)21(19)27/h7-12,19H,6H2,1-5H3. The monoisotopic (exact) mass is 386 g/mol. The second-order valence-electron chi connectivity index (χ2n) is 8.18. The van der Waals surface area contributed by atoms with Gasteiger partial charge in [0.05, 0.1) is 0 Å². The van der Waals surface area contributed by atoms with Crippen molar-refractivity contribution in [3.8, 4) is 11.1 Å². The van der Waals surface area contributed by atoms with Crippen molar-refractivity contribution in [2.24, 2.45) is 0 Å². The van der Waals surface area contributed by atoms with Gasteiger partial charge < -0.3 is 4.74 Å². The maximum absolute atomic E-state index is 14.2. The molecular weight excluding hydrogens is 362 g/mol. The van der Waals surface area contributed by atoms with Gasteiger partial charge in [0, 0.05) is 11.6 Å². The molecule has 5 heteroatoms. The molecule has 2 aromatic rings. The number of benzene rings is 2. The van der Waals surface area contributed by atoms with Crippen molar-refractivity contribution in [1.82, 2.24) is 0 Å². The van der Waals surface area contributed by atoms with Crippen molar-refractivity contribution in [1.29, 1.82) is 0 Å². The third kappa shape index (κ3) is 3.39. The van der Waals surface area contributed by atoms with E-state index in [0.29, 0.717) is 17.5 Å². The lowest BCUT2D eigenvalue weighted by molar-refractivity contribution is -0.184. The summed E-state index contributed by atoms with van der Waals surface area (Å²) in [5.41, 5.74) is 0.0649. The topological polar surface area (TPSA) is 43.4 Å². The van der Waals surface area contributed by atoms with Crippen molar-refractivity contribution in [3.05, 3.63) is 59.2 Å². The normalized spacial score (nSPS) is 19.1. The Labute approximate surface area is 163 Å². The Balaban J connectivity index is 2.12. The third-order valence-corrected chi connectivity index (χ3v) is 5.30. The molecule has 0 radical (unpaired) electrons. The predicted octanol–water partition coefficient (Wildman–Crippen LogP) is 5.00. The smallest absolute Gasteiger partial charge is 0.179 e. The van der Waals surface area contributed by atoms with Gasteiger partial charge in [0.25, 0.3) is 0 Å². The van der Waals surface area contributed by atoms with E-state index < -0.39 is 28.8 Å². The van der Waals surface area contributed by atoms with Gasteiger partial charge in [-0.3, -0.25) is 9.59 Å². The van der Waals surface area contributed by atoms with Crippen molar-refractivity contribution in [2.75, 3.05) is 0 Å².